The highest BCUT2D eigenvalue weighted by Crippen LogP contribution is 2.39. The third kappa shape index (κ3) is 7.43. The lowest BCUT2D eigenvalue weighted by Gasteiger charge is -2.15. The smallest absolute Gasteiger partial charge is 0.0615 e. The number of hydrogen-bond acceptors (Lipinski definition) is 3. The van der Waals surface area contributed by atoms with Gasteiger partial charge in [0.2, 0.25) is 0 Å². The summed E-state index contributed by atoms with van der Waals surface area (Å²) in [5.41, 5.74) is 0. The second kappa shape index (κ2) is 7.75. The van der Waals surface area contributed by atoms with Gasteiger partial charge in [0.15, 0.2) is 0 Å². The molecule has 0 aromatic carbocycles. The first kappa shape index (κ1) is 15.5. The Labute approximate surface area is 119 Å². The molecule has 0 spiro atoms. The summed E-state index contributed by atoms with van der Waals surface area (Å²) in [4.78, 5) is 0. The van der Waals surface area contributed by atoms with Gasteiger partial charge in [-0.25, -0.2) is 0 Å². The SMILES string of the molecule is CCCCCCSc1ccc(SC(C)(C)C)s1. The van der Waals surface area contributed by atoms with Crippen molar-refractivity contribution in [3.8, 4) is 0 Å². The van der Waals surface area contributed by atoms with Gasteiger partial charge in [0, 0.05) is 4.75 Å². The maximum atomic E-state index is 2.28. The normalized spacial score (nSPS) is 12.0. The molecule has 1 rings (SSSR count). The average molecular weight is 289 g/mol. The molecule has 0 radical (unpaired) electrons. The van der Waals surface area contributed by atoms with Gasteiger partial charge in [-0.05, 0) is 24.3 Å². The first-order valence-corrected chi connectivity index (χ1v) is 9.05. The van der Waals surface area contributed by atoms with Crippen molar-refractivity contribution in [1.29, 1.82) is 0 Å². The molecule has 17 heavy (non-hydrogen) atoms. The Balaban J connectivity index is 2.26. The standard InChI is InChI=1S/C14H24S3/c1-5-6-7-8-11-15-12-9-10-13(16-12)17-14(2,3)4/h9-10H,5-8,11H2,1-4H3. The van der Waals surface area contributed by atoms with Crippen LogP contribution < -0.4 is 0 Å². The number of unbranched alkanes of at least 4 members (excludes halogenated alkanes) is 3. The van der Waals surface area contributed by atoms with E-state index in [1.807, 2.05) is 34.9 Å². The largest absolute Gasteiger partial charge is 0.122 e. The van der Waals surface area contributed by atoms with E-state index in [4.69, 9.17) is 0 Å². The summed E-state index contributed by atoms with van der Waals surface area (Å²) in [5.74, 6) is 1.28. The van der Waals surface area contributed by atoms with Crippen molar-refractivity contribution >= 4 is 34.9 Å². The van der Waals surface area contributed by atoms with Crippen LogP contribution in [0.5, 0.6) is 0 Å². The monoisotopic (exact) mass is 288 g/mol. The van der Waals surface area contributed by atoms with Crippen LogP contribution in [0.1, 0.15) is 53.4 Å². The number of rotatable bonds is 7. The predicted octanol–water partition coefficient (Wildman–Crippen LogP) is 6.31. The third-order valence-electron chi connectivity index (χ3n) is 2.21. The van der Waals surface area contributed by atoms with Gasteiger partial charge in [0.1, 0.15) is 0 Å². The van der Waals surface area contributed by atoms with E-state index in [-0.39, 0.29) is 0 Å². The summed E-state index contributed by atoms with van der Waals surface area (Å²) < 4.78 is 3.26. The highest BCUT2D eigenvalue weighted by Gasteiger charge is 2.13. The first-order valence-electron chi connectivity index (χ1n) is 6.43. The highest BCUT2D eigenvalue weighted by atomic mass is 32.2. The van der Waals surface area contributed by atoms with Crippen molar-refractivity contribution in [2.24, 2.45) is 0 Å². The van der Waals surface area contributed by atoms with Gasteiger partial charge >= 0.3 is 0 Å². The Morgan fingerprint density at radius 3 is 2.41 bits per heavy atom. The quantitative estimate of drug-likeness (QED) is 0.426. The topological polar surface area (TPSA) is 0 Å². The van der Waals surface area contributed by atoms with Gasteiger partial charge in [-0.2, -0.15) is 0 Å². The molecule has 3 heteroatoms. The van der Waals surface area contributed by atoms with Crippen LogP contribution in [-0.2, 0) is 0 Å². The van der Waals surface area contributed by atoms with Crippen LogP contribution in [0.3, 0.4) is 0 Å². The van der Waals surface area contributed by atoms with Gasteiger partial charge < -0.3 is 0 Å². The molecule has 1 heterocycles. The second-order valence-corrected chi connectivity index (χ2v) is 9.80. The average Bonchev–Trinajstić information content (AvgIpc) is 2.63. The number of thiophene rings is 1. The summed E-state index contributed by atoms with van der Waals surface area (Å²) in [5, 5.41) is 0. The molecule has 0 bridgehead atoms. The zero-order valence-electron chi connectivity index (χ0n) is 11.4. The van der Waals surface area contributed by atoms with Crippen LogP contribution in [0, 0.1) is 0 Å². The minimum Gasteiger partial charge on any atom is -0.122 e. The molecule has 0 aliphatic heterocycles. The van der Waals surface area contributed by atoms with Crippen molar-refractivity contribution in [2.75, 3.05) is 5.75 Å². The zero-order chi connectivity index (χ0) is 12.7. The molecular formula is C14H24S3. The number of hydrogen-bond donors (Lipinski definition) is 0. The Morgan fingerprint density at radius 2 is 1.76 bits per heavy atom. The molecule has 0 fully saturated rings. The molecule has 0 aliphatic carbocycles. The van der Waals surface area contributed by atoms with Gasteiger partial charge in [-0.1, -0.05) is 47.0 Å². The molecule has 0 unspecified atom stereocenters. The van der Waals surface area contributed by atoms with Crippen LogP contribution in [0.2, 0.25) is 0 Å². The van der Waals surface area contributed by atoms with Crippen LogP contribution in [0.25, 0.3) is 0 Å². The van der Waals surface area contributed by atoms with E-state index in [9.17, 15) is 0 Å². The molecule has 1 aromatic heterocycles. The van der Waals surface area contributed by atoms with Crippen molar-refractivity contribution in [2.45, 2.75) is 66.5 Å². The Morgan fingerprint density at radius 1 is 1.06 bits per heavy atom. The lowest BCUT2D eigenvalue weighted by Crippen LogP contribution is -2.05. The molecule has 0 atom stereocenters. The summed E-state index contributed by atoms with van der Waals surface area (Å²) in [6.07, 6.45) is 5.46. The molecule has 0 nitrogen and oxygen atoms in total. The van der Waals surface area contributed by atoms with E-state index in [1.54, 1.807) is 0 Å². The predicted molar refractivity (Wildman–Crippen MR) is 84.8 cm³/mol. The molecule has 0 amide bonds. The van der Waals surface area contributed by atoms with E-state index < -0.39 is 0 Å². The van der Waals surface area contributed by atoms with E-state index in [2.05, 4.69) is 39.8 Å². The minimum atomic E-state index is 0.327. The molecule has 0 N–H and O–H groups in total. The lowest BCUT2D eigenvalue weighted by atomic mass is 10.2. The van der Waals surface area contributed by atoms with Crippen LogP contribution in [0.4, 0.5) is 0 Å². The van der Waals surface area contributed by atoms with Gasteiger partial charge in [-0.15, -0.1) is 34.9 Å². The summed E-state index contributed by atoms with van der Waals surface area (Å²) in [6.45, 7) is 9.08. The minimum absolute atomic E-state index is 0.327. The Hall–Kier alpha value is 0.400. The van der Waals surface area contributed by atoms with Crippen molar-refractivity contribution in [3.05, 3.63) is 12.1 Å². The van der Waals surface area contributed by atoms with Crippen molar-refractivity contribution < 1.29 is 0 Å². The molecular weight excluding hydrogens is 264 g/mol. The van der Waals surface area contributed by atoms with E-state index >= 15 is 0 Å². The van der Waals surface area contributed by atoms with Gasteiger partial charge in [-0.3, -0.25) is 0 Å². The molecule has 1 aromatic rings. The van der Waals surface area contributed by atoms with Crippen LogP contribution in [0.15, 0.2) is 20.6 Å². The Kier molecular flexibility index (Phi) is 7.05. The maximum Gasteiger partial charge on any atom is 0.0615 e. The summed E-state index contributed by atoms with van der Waals surface area (Å²) in [6, 6.07) is 4.55. The fourth-order valence-electron chi connectivity index (χ4n) is 1.44. The number of thioether (sulfide) groups is 2. The fraction of sp³-hybridized carbons (Fsp3) is 0.714. The fourth-order valence-corrected chi connectivity index (χ4v) is 5.46. The van der Waals surface area contributed by atoms with Crippen molar-refractivity contribution in [1.82, 2.24) is 0 Å². The molecule has 0 aliphatic rings. The van der Waals surface area contributed by atoms with E-state index in [1.165, 1.54) is 39.9 Å². The van der Waals surface area contributed by atoms with Crippen LogP contribution >= 0.6 is 34.9 Å². The van der Waals surface area contributed by atoms with E-state index in [0.29, 0.717) is 4.75 Å². The maximum absolute atomic E-state index is 2.28. The third-order valence-corrected chi connectivity index (χ3v) is 5.85. The first-order chi connectivity index (χ1) is 8.01. The molecule has 98 valence electrons. The zero-order valence-corrected chi connectivity index (χ0v) is 13.9. The highest BCUT2D eigenvalue weighted by molar-refractivity contribution is 8.04. The second-order valence-electron chi connectivity index (χ2n) is 5.20. The summed E-state index contributed by atoms with van der Waals surface area (Å²) in [7, 11) is 0. The van der Waals surface area contributed by atoms with Gasteiger partial charge in [0.25, 0.3) is 0 Å². The molecule has 0 saturated heterocycles. The Bertz CT molecular complexity index is 310. The lowest BCUT2D eigenvalue weighted by molar-refractivity contribution is 0.706. The van der Waals surface area contributed by atoms with E-state index in [0.717, 1.165) is 0 Å². The summed E-state index contributed by atoms with van der Waals surface area (Å²) >= 11 is 5.95. The molecule has 0 saturated carbocycles. The van der Waals surface area contributed by atoms with Crippen molar-refractivity contribution in [3.63, 3.8) is 0 Å². The van der Waals surface area contributed by atoms with Gasteiger partial charge in [0.05, 0.1) is 8.42 Å². The van der Waals surface area contributed by atoms with Crippen LogP contribution in [-0.4, -0.2) is 10.5 Å².